The summed E-state index contributed by atoms with van der Waals surface area (Å²) in [6.07, 6.45) is 13.5. The average Bonchev–Trinajstić information content (AvgIpc) is 2.96. The third kappa shape index (κ3) is 10.7. The molecule has 2 aliphatic heterocycles. The molecule has 10 heteroatoms. The summed E-state index contributed by atoms with van der Waals surface area (Å²) in [7, 11) is 0. The van der Waals surface area contributed by atoms with E-state index in [1.807, 2.05) is 37.0 Å². The third-order valence-corrected chi connectivity index (χ3v) is 6.32. The highest BCUT2D eigenvalue weighted by Gasteiger charge is 2.23. The number of esters is 1. The average molecular weight is 559 g/mol. The van der Waals surface area contributed by atoms with Crippen LogP contribution < -0.4 is 9.47 Å². The van der Waals surface area contributed by atoms with Crippen molar-refractivity contribution in [2.45, 2.75) is 58.8 Å². The first-order valence-corrected chi connectivity index (χ1v) is 14.2. The van der Waals surface area contributed by atoms with Gasteiger partial charge in [-0.3, -0.25) is 4.79 Å². The molecule has 0 aromatic heterocycles. The lowest BCUT2D eigenvalue weighted by Gasteiger charge is -2.26. The third-order valence-electron chi connectivity index (χ3n) is 6.32. The van der Waals surface area contributed by atoms with Crippen LogP contribution in [0, 0.1) is 0 Å². The zero-order valence-corrected chi connectivity index (χ0v) is 23.7. The number of fused-ring (bicyclic) bond motifs is 1. The summed E-state index contributed by atoms with van der Waals surface area (Å²) in [6.45, 7) is 6.26. The molecule has 0 bridgehead atoms. The number of nitrogens with zero attached hydrogens (tertiary/aromatic N) is 2. The lowest BCUT2D eigenvalue weighted by Crippen LogP contribution is -2.37. The van der Waals surface area contributed by atoms with Crippen LogP contribution in [-0.4, -0.2) is 75.6 Å². The molecular weight excluding hydrogens is 516 g/mol. The van der Waals surface area contributed by atoms with Gasteiger partial charge in [-0.1, -0.05) is 23.4 Å². The van der Waals surface area contributed by atoms with Gasteiger partial charge in [-0.05, 0) is 70.1 Å². The van der Waals surface area contributed by atoms with Gasteiger partial charge in [0, 0.05) is 38.8 Å². The van der Waals surface area contributed by atoms with E-state index >= 15 is 0 Å². The zero-order valence-electron chi connectivity index (χ0n) is 23.7. The van der Waals surface area contributed by atoms with Crippen molar-refractivity contribution in [2.75, 3.05) is 53.1 Å². The molecule has 2 aliphatic rings. The molecule has 1 saturated heterocycles. The Balaban J connectivity index is 1.92. The minimum Gasteiger partial charge on any atom is -0.467 e. The van der Waals surface area contributed by atoms with Crippen LogP contribution in [-0.2, 0) is 30.3 Å². The fourth-order valence-electron chi connectivity index (χ4n) is 4.26. The van der Waals surface area contributed by atoms with Crippen molar-refractivity contribution in [3.8, 4) is 11.5 Å². The predicted molar refractivity (Wildman–Crippen MR) is 151 cm³/mol. The van der Waals surface area contributed by atoms with Crippen LogP contribution in [0.4, 0.5) is 0 Å². The van der Waals surface area contributed by atoms with Gasteiger partial charge in [-0.15, -0.1) is 0 Å². The van der Waals surface area contributed by atoms with E-state index in [9.17, 15) is 9.59 Å². The summed E-state index contributed by atoms with van der Waals surface area (Å²) in [4.78, 5) is 33.2. The van der Waals surface area contributed by atoms with Crippen LogP contribution in [0.3, 0.4) is 0 Å². The van der Waals surface area contributed by atoms with E-state index in [1.54, 1.807) is 12.1 Å². The molecule has 0 unspecified atom stereocenters. The van der Waals surface area contributed by atoms with Crippen LogP contribution in [0.25, 0.3) is 0 Å². The molecule has 0 saturated carbocycles. The molecule has 1 amide bonds. The second kappa shape index (κ2) is 18.1. The van der Waals surface area contributed by atoms with E-state index in [0.29, 0.717) is 36.7 Å². The highest BCUT2D eigenvalue weighted by molar-refractivity contribution is 6.00. The Morgan fingerprint density at radius 1 is 0.950 bits per heavy atom. The first-order valence-electron chi connectivity index (χ1n) is 14.2. The number of cyclic esters (lactones) is 1. The predicted octanol–water partition coefficient (Wildman–Crippen LogP) is 4.81. The van der Waals surface area contributed by atoms with E-state index < -0.39 is 5.97 Å². The van der Waals surface area contributed by atoms with E-state index in [4.69, 9.17) is 28.5 Å². The molecule has 0 radical (unpaired) electrons. The molecule has 1 fully saturated rings. The number of likely N-dealkylation sites (tertiary alicyclic amines) is 1. The highest BCUT2D eigenvalue weighted by Crippen LogP contribution is 2.31. The highest BCUT2D eigenvalue weighted by atomic mass is 16.7. The maximum atomic E-state index is 13.3. The number of oxime groups is 1. The molecule has 0 atom stereocenters. The SMILES string of the molecule is CCOCOc1cc2c(c(OCOCC)c1)C(=O)OCC/C=C/CC/C=C/C(=N/OCC(=O)N1CCCCC1)C2. The molecule has 40 heavy (non-hydrogen) atoms. The van der Waals surface area contributed by atoms with Gasteiger partial charge in [0.1, 0.15) is 17.1 Å². The quantitative estimate of drug-likeness (QED) is 0.125. The van der Waals surface area contributed by atoms with Crippen LogP contribution in [0.5, 0.6) is 11.5 Å². The lowest BCUT2D eigenvalue weighted by molar-refractivity contribution is -0.137. The van der Waals surface area contributed by atoms with Gasteiger partial charge in [0.05, 0.1) is 12.3 Å². The topological polar surface area (TPSA) is 105 Å². The van der Waals surface area contributed by atoms with Crippen molar-refractivity contribution < 1.29 is 38.1 Å². The monoisotopic (exact) mass is 558 g/mol. The Bertz CT molecular complexity index is 1030. The van der Waals surface area contributed by atoms with Crippen molar-refractivity contribution >= 4 is 17.6 Å². The van der Waals surface area contributed by atoms with E-state index in [0.717, 1.165) is 45.2 Å². The maximum Gasteiger partial charge on any atom is 0.342 e. The molecule has 1 aromatic rings. The second-order valence-corrected chi connectivity index (χ2v) is 9.32. The summed E-state index contributed by atoms with van der Waals surface area (Å²) in [5, 5.41) is 4.30. The van der Waals surface area contributed by atoms with Crippen molar-refractivity contribution in [1.82, 2.24) is 4.90 Å². The number of rotatable bonds is 11. The summed E-state index contributed by atoms with van der Waals surface area (Å²) < 4.78 is 27.9. The molecule has 220 valence electrons. The minimum absolute atomic E-state index is 0.0412. The van der Waals surface area contributed by atoms with E-state index in [-0.39, 0.29) is 50.4 Å². The van der Waals surface area contributed by atoms with Gasteiger partial charge in [-0.25, -0.2) is 4.79 Å². The fraction of sp³-hybridized carbons (Fsp3) is 0.567. The Morgan fingerprint density at radius 3 is 2.45 bits per heavy atom. The standard InChI is InChI=1S/C30H42N2O8/c1-3-35-22-38-26-19-24-18-25(31-40-21-28(33)32-15-11-9-12-16-32)14-10-7-5-6-8-13-17-37-30(34)29(24)27(20-26)39-23-36-4-2/h6,8,10,14,19-20H,3-5,7,9,11-13,15-18,21-23H2,1-2H3/b8-6+,14-10+,31-25-. The lowest BCUT2D eigenvalue weighted by atomic mass is 9.99. The number of amides is 1. The molecule has 3 rings (SSSR count). The summed E-state index contributed by atoms with van der Waals surface area (Å²) in [6, 6.07) is 3.37. The van der Waals surface area contributed by atoms with Crippen molar-refractivity contribution in [3.05, 3.63) is 47.6 Å². The Labute approximate surface area is 236 Å². The van der Waals surface area contributed by atoms with Crippen LogP contribution >= 0.6 is 0 Å². The van der Waals surface area contributed by atoms with Crippen molar-refractivity contribution in [1.29, 1.82) is 0 Å². The number of hydrogen-bond donors (Lipinski definition) is 0. The van der Waals surface area contributed by atoms with Gasteiger partial charge in [0.25, 0.3) is 5.91 Å². The normalized spacial score (nSPS) is 19.2. The van der Waals surface area contributed by atoms with Crippen LogP contribution in [0.2, 0.25) is 0 Å². The number of ether oxygens (including phenoxy) is 5. The van der Waals surface area contributed by atoms with Gasteiger partial charge >= 0.3 is 5.97 Å². The maximum absolute atomic E-state index is 13.3. The second-order valence-electron chi connectivity index (χ2n) is 9.32. The van der Waals surface area contributed by atoms with Gasteiger partial charge < -0.3 is 33.4 Å². The number of piperidine rings is 1. The number of allylic oxidation sites excluding steroid dienone is 3. The first kappa shape index (κ1) is 31.2. The molecule has 1 aromatic carbocycles. The summed E-state index contributed by atoms with van der Waals surface area (Å²) >= 11 is 0. The number of benzene rings is 1. The smallest absolute Gasteiger partial charge is 0.342 e. The van der Waals surface area contributed by atoms with E-state index in [1.165, 1.54) is 0 Å². The molecule has 2 heterocycles. The summed E-state index contributed by atoms with van der Waals surface area (Å²) in [5.41, 5.74) is 1.38. The van der Waals surface area contributed by atoms with Gasteiger partial charge in [0.2, 0.25) is 0 Å². The van der Waals surface area contributed by atoms with Crippen LogP contribution in [0.15, 0.2) is 41.6 Å². The van der Waals surface area contributed by atoms with Crippen LogP contribution in [0.1, 0.15) is 68.3 Å². The molecular formula is C30H42N2O8. The number of hydrogen-bond acceptors (Lipinski definition) is 9. The molecule has 0 spiro atoms. The Kier molecular flexibility index (Phi) is 14.1. The summed E-state index contributed by atoms with van der Waals surface area (Å²) in [5.74, 6) is 0.128. The molecule has 0 N–H and O–H groups in total. The van der Waals surface area contributed by atoms with Gasteiger partial charge in [0.15, 0.2) is 20.2 Å². The van der Waals surface area contributed by atoms with Gasteiger partial charge in [-0.2, -0.15) is 0 Å². The Hall–Kier alpha value is -3.37. The zero-order chi connectivity index (χ0) is 28.4. The Morgan fingerprint density at radius 2 is 1.68 bits per heavy atom. The largest absolute Gasteiger partial charge is 0.467 e. The first-order chi connectivity index (χ1) is 19.6. The molecule has 10 nitrogen and oxygen atoms in total. The minimum atomic E-state index is -0.521. The van der Waals surface area contributed by atoms with Crippen molar-refractivity contribution in [2.24, 2.45) is 5.16 Å². The molecule has 0 aliphatic carbocycles. The van der Waals surface area contributed by atoms with E-state index in [2.05, 4.69) is 11.2 Å². The number of carbonyl (C=O) groups is 2. The van der Waals surface area contributed by atoms with Crippen molar-refractivity contribution in [3.63, 3.8) is 0 Å². The number of carbonyl (C=O) groups excluding carboxylic acids is 2. The fourth-order valence-corrected chi connectivity index (χ4v) is 4.26.